The molecule has 1 aliphatic rings. The Morgan fingerprint density at radius 1 is 1.13 bits per heavy atom. The predicted molar refractivity (Wildman–Crippen MR) is 187 cm³/mol. The third-order valence-electron chi connectivity index (χ3n) is 7.76. The minimum atomic E-state index is -1.41. The molecule has 0 saturated heterocycles. The number of rotatable bonds is 20. The lowest BCUT2D eigenvalue weighted by molar-refractivity contribution is 0.0992. The topological polar surface area (TPSA) is 150 Å². The maximum atomic E-state index is 13.5. The lowest BCUT2D eigenvalue weighted by Gasteiger charge is -2.27. The molecule has 2 unspecified atom stereocenters. The van der Waals surface area contributed by atoms with E-state index in [9.17, 15) is 9.32 Å². The SMILES string of the molecule is C#Cc1c(NC2=CC=CCC2)nc(NCCOCCO)c(N=Nc2cc(OC)c(S(=O)CCN(CCO)C(C)CC)cc2OC)c1C. The number of pyridine rings is 1. The molecule has 2 atom stereocenters. The third kappa shape index (κ3) is 10.6. The number of benzene rings is 1. The van der Waals surface area contributed by atoms with Crippen molar-refractivity contribution in [2.24, 2.45) is 10.2 Å². The number of ether oxygens (including phenoxy) is 3. The van der Waals surface area contributed by atoms with E-state index >= 15 is 0 Å². The van der Waals surface area contributed by atoms with Crippen molar-refractivity contribution in [2.75, 3.05) is 76.7 Å². The van der Waals surface area contributed by atoms with Gasteiger partial charge in [-0.2, -0.15) is 0 Å². The molecule has 3 rings (SSSR count). The molecule has 1 aromatic heterocycles. The highest BCUT2D eigenvalue weighted by Crippen LogP contribution is 2.40. The molecule has 0 spiro atoms. The molecule has 0 saturated carbocycles. The number of allylic oxidation sites excluding steroid dienone is 4. The summed E-state index contributed by atoms with van der Waals surface area (Å²) in [5, 5.41) is 34.3. The summed E-state index contributed by atoms with van der Waals surface area (Å²) in [6, 6.07) is 3.57. The van der Waals surface area contributed by atoms with Crippen LogP contribution in [0.1, 0.15) is 44.2 Å². The molecular weight excluding hydrogens is 620 g/mol. The van der Waals surface area contributed by atoms with Crippen LogP contribution in [0.15, 0.2) is 51.2 Å². The van der Waals surface area contributed by atoms with Crippen LogP contribution in [0.5, 0.6) is 11.5 Å². The molecule has 2 aromatic rings. The van der Waals surface area contributed by atoms with Crippen LogP contribution in [0.2, 0.25) is 0 Å². The number of aromatic nitrogens is 1. The van der Waals surface area contributed by atoms with E-state index in [-0.39, 0.29) is 25.9 Å². The van der Waals surface area contributed by atoms with Gasteiger partial charge in [-0.1, -0.05) is 25.0 Å². The van der Waals surface area contributed by atoms with Crippen molar-refractivity contribution in [1.29, 1.82) is 0 Å². The Hall–Kier alpha value is -3.80. The van der Waals surface area contributed by atoms with Crippen molar-refractivity contribution in [3.05, 3.63) is 47.2 Å². The van der Waals surface area contributed by atoms with Crippen LogP contribution in [0, 0.1) is 19.3 Å². The van der Waals surface area contributed by atoms with Gasteiger partial charge in [0.1, 0.15) is 28.7 Å². The van der Waals surface area contributed by atoms with Crippen LogP contribution >= 0.6 is 0 Å². The van der Waals surface area contributed by atoms with Gasteiger partial charge < -0.3 is 35.1 Å². The summed E-state index contributed by atoms with van der Waals surface area (Å²) < 4.78 is 30.2. The van der Waals surface area contributed by atoms with Gasteiger partial charge in [0.25, 0.3) is 0 Å². The van der Waals surface area contributed by atoms with Crippen molar-refractivity contribution in [3.63, 3.8) is 0 Å². The number of nitrogens with one attached hydrogen (secondary N) is 2. The summed E-state index contributed by atoms with van der Waals surface area (Å²) >= 11 is 0. The Morgan fingerprint density at radius 3 is 2.55 bits per heavy atom. The molecule has 13 heteroatoms. The fraction of sp³-hybridized carbons (Fsp3) is 0.500. The monoisotopic (exact) mass is 668 g/mol. The van der Waals surface area contributed by atoms with Crippen LogP contribution in [0.4, 0.5) is 23.0 Å². The van der Waals surface area contributed by atoms with Crippen LogP contribution in [-0.2, 0) is 15.5 Å². The number of hydrogen-bond acceptors (Lipinski definition) is 12. The minimum Gasteiger partial charge on any atom is -0.495 e. The molecule has 0 radical (unpaired) electrons. The first kappa shape index (κ1) is 37.7. The Bertz CT molecular complexity index is 1490. The zero-order chi connectivity index (χ0) is 34.2. The Balaban J connectivity index is 1.97. The van der Waals surface area contributed by atoms with Gasteiger partial charge in [-0.25, -0.2) is 4.98 Å². The molecule has 256 valence electrons. The largest absolute Gasteiger partial charge is 0.495 e. The van der Waals surface area contributed by atoms with E-state index in [0.717, 1.165) is 25.0 Å². The molecule has 4 N–H and O–H groups in total. The van der Waals surface area contributed by atoms with Crippen molar-refractivity contribution < 1.29 is 28.6 Å². The van der Waals surface area contributed by atoms with E-state index in [1.165, 1.54) is 14.2 Å². The van der Waals surface area contributed by atoms with E-state index in [4.69, 9.17) is 30.7 Å². The molecule has 0 bridgehead atoms. The summed E-state index contributed by atoms with van der Waals surface area (Å²) in [5.74, 6) is 4.85. The molecule has 1 aromatic carbocycles. The second-order valence-electron chi connectivity index (χ2n) is 10.8. The lowest BCUT2D eigenvalue weighted by atomic mass is 10.1. The Kier molecular flexibility index (Phi) is 15.8. The highest BCUT2D eigenvalue weighted by molar-refractivity contribution is 7.85. The van der Waals surface area contributed by atoms with E-state index in [1.807, 2.05) is 19.1 Å². The van der Waals surface area contributed by atoms with Gasteiger partial charge in [0.2, 0.25) is 0 Å². The summed E-state index contributed by atoms with van der Waals surface area (Å²) in [4.78, 5) is 7.41. The maximum absolute atomic E-state index is 13.5. The molecular formula is C34H48N6O6S. The van der Waals surface area contributed by atoms with Crippen molar-refractivity contribution in [2.45, 2.75) is 51.0 Å². The highest BCUT2D eigenvalue weighted by Gasteiger charge is 2.21. The normalized spacial score (nSPS) is 14.1. The molecule has 12 nitrogen and oxygen atoms in total. The van der Waals surface area contributed by atoms with Gasteiger partial charge in [0.05, 0.1) is 61.9 Å². The van der Waals surface area contributed by atoms with Crippen LogP contribution in [0.3, 0.4) is 0 Å². The number of anilines is 2. The van der Waals surface area contributed by atoms with E-state index in [2.05, 4.69) is 51.6 Å². The molecule has 0 aliphatic heterocycles. The van der Waals surface area contributed by atoms with Crippen LogP contribution < -0.4 is 20.1 Å². The van der Waals surface area contributed by atoms with E-state index in [1.54, 1.807) is 12.1 Å². The van der Waals surface area contributed by atoms with Crippen molar-refractivity contribution in [3.8, 4) is 23.8 Å². The number of terminal acetylenes is 1. The van der Waals surface area contributed by atoms with Crippen LogP contribution in [0.25, 0.3) is 0 Å². The first-order chi connectivity index (χ1) is 22.8. The predicted octanol–water partition coefficient (Wildman–Crippen LogP) is 5.07. The van der Waals surface area contributed by atoms with Gasteiger partial charge in [-0.3, -0.25) is 9.11 Å². The average Bonchev–Trinajstić information content (AvgIpc) is 3.09. The standard InChI is InChI=1S/C34H48N6O6S/c1-7-24(3)40(15-17-41)16-21-47(43)31-23-29(44-5)28(22-30(31)45-6)38-39-32-25(4)27(8-2)33(36-26-12-10-9-11-13-26)37-34(32)35-14-19-46-20-18-42/h2,9-10,12,22-24,41-42H,7,11,13-21H2,1,3-6H3,(H2,35,36,37). The zero-order valence-electron chi connectivity index (χ0n) is 28.0. The fourth-order valence-corrected chi connectivity index (χ4v) is 6.16. The lowest BCUT2D eigenvalue weighted by Crippen LogP contribution is -2.37. The Labute approximate surface area is 280 Å². The molecule has 0 fully saturated rings. The van der Waals surface area contributed by atoms with Gasteiger partial charge in [0, 0.05) is 49.3 Å². The zero-order valence-corrected chi connectivity index (χ0v) is 28.9. The second kappa shape index (κ2) is 19.8. The Morgan fingerprint density at radius 2 is 1.91 bits per heavy atom. The summed E-state index contributed by atoms with van der Waals surface area (Å²) in [6.07, 6.45) is 14.7. The number of hydrogen-bond donors (Lipinski definition) is 4. The van der Waals surface area contributed by atoms with E-state index < -0.39 is 10.8 Å². The maximum Gasteiger partial charge on any atom is 0.156 e. The number of aliphatic hydroxyl groups excluding tert-OH is 2. The first-order valence-electron chi connectivity index (χ1n) is 15.8. The summed E-state index contributed by atoms with van der Waals surface area (Å²) in [7, 11) is 1.62. The van der Waals surface area contributed by atoms with Crippen molar-refractivity contribution in [1.82, 2.24) is 9.88 Å². The third-order valence-corrected chi connectivity index (χ3v) is 9.12. The quantitative estimate of drug-likeness (QED) is 0.0856. The smallest absolute Gasteiger partial charge is 0.156 e. The van der Waals surface area contributed by atoms with Gasteiger partial charge >= 0.3 is 0 Å². The fourth-order valence-electron chi connectivity index (χ4n) is 4.94. The molecule has 0 amide bonds. The van der Waals surface area contributed by atoms with Gasteiger partial charge in [-0.15, -0.1) is 16.7 Å². The molecule has 1 aliphatic carbocycles. The second-order valence-corrected chi connectivity index (χ2v) is 12.3. The van der Waals surface area contributed by atoms with Crippen molar-refractivity contribution >= 4 is 33.8 Å². The van der Waals surface area contributed by atoms with Crippen LogP contribution in [-0.4, -0.2) is 96.4 Å². The summed E-state index contributed by atoms with van der Waals surface area (Å²) in [5.41, 5.74) is 3.05. The molecule has 1 heterocycles. The number of aliphatic hydroxyl groups is 2. The van der Waals surface area contributed by atoms with E-state index in [0.29, 0.717) is 82.5 Å². The first-order valence-corrected chi connectivity index (χ1v) is 17.1. The summed E-state index contributed by atoms with van der Waals surface area (Å²) in [6.45, 7) is 8.05. The molecule has 47 heavy (non-hydrogen) atoms. The number of nitrogens with zero attached hydrogens (tertiary/aromatic N) is 4. The minimum absolute atomic E-state index is 0.0370. The van der Waals surface area contributed by atoms with Gasteiger partial charge in [-0.05, 0) is 44.7 Å². The average molecular weight is 669 g/mol. The number of methoxy groups -OCH3 is 2. The highest BCUT2D eigenvalue weighted by atomic mass is 32.2. The van der Waals surface area contributed by atoms with Gasteiger partial charge in [0.15, 0.2) is 5.82 Å². The number of azo groups is 1.